The average Bonchev–Trinajstić information content (AvgIpc) is 3.23. The number of carbonyl (C=O) groups excluding carboxylic acids is 1. The van der Waals surface area contributed by atoms with E-state index in [2.05, 4.69) is 18.4 Å². The second kappa shape index (κ2) is 7.85. The number of hydrogen-bond donors (Lipinski definition) is 0. The van der Waals surface area contributed by atoms with Gasteiger partial charge in [0, 0.05) is 19.7 Å². The largest absolute Gasteiger partial charge is 0.424 e. The maximum absolute atomic E-state index is 11.8. The standard InChI is InChI=1S/C23H28N4O2/c1-5-7-10-17(6-2)13-26-14-20(29-16(4)28)21-22(26)24-15(3)27-19-12-9-8-11-18(19)25-23(21)27/h8-9,11-12,14,17H,5-7,10,13H2,1-4H3. The van der Waals surface area contributed by atoms with Gasteiger partial charge in [0.05, 0.1) is 11.0 Å². The molecule has 4 aromatic rings. The number of nitrogens with zero attached hydrogens (tertiary/aromatic N) is 4. The normalized spacial score (nSPS) is 12.8. The molecular formula is C23H28N4O2. The molecule has 6 nitrogen and oxygen atoms in total. The van der Waals surface area contributed by atoms with Gasteiger partial charge in [-0.25, -0.2) is 9.97 Å². The summed E-state index contributed by atoms with van der Waals surface area (Å²) >= 11 is 0. The lowest BCUT2D eigenvalue weighted by atomic mass is 9.99. The average molecular weight is 393 g/mol. The summed E-state index contributed by atoms with van der Waals surface area (Å²) in [6.07, 6.45) is 6.63. The molecule has 4 rings (SSSR count). The van der Waals surface area contributed by atoms with Crippen molar-refractivity contribution >= 4 is 33.7 Å². The topological polar surface area (TPSA) is 61.4 Å². The molecule has 1 unspecified atom stereocenters. The molecule has 0 radical (unpaired) electrons. The Morgan fingerprint density at radius 2 is 1.97 bits per heavy atom. The second-order valence-corrected chi connectivity index (χ2v) is 7.77. The summed E-state index contributed by atoms with van der Waals surface area (Å²) in [5, 5.41) is 0.798. The number of aryl methyl sites for hydroxylation is 1. The first kappa shape index (κ1) is 19.4. The van der Waals surface area contributed by atoms with E-state index in [1.807, 2.05) is 41.8 Å². The summed E-state index contributed by atoms with van der Waals surface area (Å²) in [7, 11) is 0. The van der Waals surface area contributed by atoms with E-state index >= 15 is 0 Å². The molecule has 0 fully saturated rings. The predicted octanol–water partition coefficient (Wildman–Crippen LogP) is 5.29. The molecule has 0 amide bonds. The van der Waals surface area contributed by atoms with Gasteiger partial charge >= 0.3 is 5.97 Å². The van der Waals surface area contributed by atoms with Gasteiger partial charge in [-0.2, -0.15) is 0 Å². The summed E-state index contributed by atoms with van der Waals surface area (Å²) in [4.78, 5) is 21.6. The van der Waals surface area contributed by atoms with Crippen LogP contribution in [0.25, 0.3) is 27.7 Å². The molecule has 0 aliphatic carbocycles. The molecule has 6 heteroatoms. The summed E-state index contributed by atoms with van der Waals surface area (Å²) in [5.41, 5.74) is 3.52. The fraction of sp³-hybridized carbons (Fsp3) is 0.435. The zero-order chi connectivity index (χ0) is 20.5. The summed E-state index contributed by atoms with van der Waals surface area (Å²) in [6.45, 7) is 8.74. The van der Waals surface area contributed by atoms with Crippen molar-refractivity contribution in [1.29, 1.82) is 0 Å². The first-order valence-corrected chi connectivity index (χ1v) is 10.5. The molecule has 0 saturated heterocycles. The molecule has 0 spiro atoms. The molecule has 3 heterocycles. The SMILES string of the molecule is CCCCC(CC)Cn1cc(OC(C)=O)c2c1nc(C)n1c3ccccc3nc21. The molecule has 152 valence electrons. The lowest BCUT2D eigenvalue weighted by Crippen LogP contribution is -2.10. The smallest absolute Gasteiger partial charge is 0.308 e. The van der Waals surface area contributed by atoms with Gasteiger partial charge in [-0.15, -0.1) is 0 Å². The number of para-hydroxylation sites is 2. The number of hydrogen-bond acceptors (Lipinski definition) is 4. The molecule has 0 aliphatic rings. The number of imidazole rings is 1. The van der Waals surface area contributed by atoms with Crippen LogP contribution in [0.15, 0.2) is 30.5 Å². The van der Waals surface area contributed by atoms with Crippen LogP contribution in [0.5, 0.6) is 5.75 Å². The van der Waals surface area contributed by atoms with Crippen molar-refractivity contribution in [3.8, 4) is 5.75 Å². The van der Waals surface area contributed by atoms with Crippen LogP contribution in [0.2, 0.25) is 0 Å². The number of benzene rings is 1. The third kappa shape index (κ3) is 3.48. The van der Waals surface area contributed by atoms with Crippen LogP contribution < -0.4 is 4.74 Å². The minimum atomic E-state index is -0.336. The van der Waals surface area contributed by atoms with Gasteiger partial charge in [0.1, 0.15) is 16.9 Å². The van der Waals surface area contributed by atoms with Crippen molar-refractivity contribution in [1.82, 2.24) is 18.9 Å². The molecule has 0 aliphatic heterocycles. The Kier molecular flexibility index (Phi) is 5.26. The Bertz CT molecular complexity index is 1190. The van der Waals surface area contributed by atoms with E-state index in [1.54, 1.807) is 0 Å². The zero-order valence-corrected chi connectivity index (χ0v) is 17.6. The van der Waals surface area contributed by atoms with Gasteiger partial charge in [-0.3, -0.25) is 9.20 Å². The lowest BCUT2D eigenvalue weighted by Gasteiger charge is -2.16. The van der Waals surface area contributed by atoms with Gasteiger partial charge in [0.15, 0.2) is 11.4 Å². The van der Waals surface area contributed by atoms with Gasteiger partial charge in [0.2, 0.25) is 0 Å². The van der Waals surface area contributed by atoms with Crippen molar-refractivity contribution in [3.05, 3.63) is 36.3 Å². The molecule has 0 saturated carbocycles. The Labute approximate surface area is 170 Å². The first-order valence-electron chi connectivity index (χ1n) is 10.5. The molecule has 1 aromatic carbocycles. The highest BCUT2D eigenvalue weighted by molar-refractivity contribution is 6.00. The third-order valence-electron chi connectivity index (χ3n) is 5.64. The van der Waals surface area contributed by atoms with Crippen LogP contribution in [0, 0.1) is 12.8 Å². The Morgan fingerprint density at radius 1 is 1.17 bits per heavy atom. The first-order chi connectivity index (χ1) is 14.0. The van der Waals surface area contributed by atoms with Gasteiger partial charge in [-0.05, 0) is 31.4 Å². The van der Waals surface area contributed by atoms with Crippen molar-refractivity contribution in [2.75, 3.05) is 0 Å². The summed E-state index contributed by atoms with van der Waals surface area (Å²) < 4.78 is 9.78. The fourth-order valence-corrected chi connectivity index (χ4v) is 4.14. The molecule has 0 bridgehead atoms. The van der Waals surface area contributed by atoms with Crippen molar-refractivity contribution in [3.63, 3.8) is 0 Å². The van der Waals surface area contributed by atoms with E-state index in [4.69, 9.17) is 14.7 Å². The van der Waals surface area contributed by atoms with E-state index in [0.29, 0.717) is 11.7 Å². The second-order valence-electron chi connectivity index (χ2n) is 7.77. The molecule has 29 heavy (non-hydrogen) atoms. The highest BCUT2D eigenvalue weighted by atomic mass is 16.5. The summed E-state index contributed by atoms with van der Waals surface area (Å²) in [5.74, 6) is 1.63. The molecule has 3 aromatic heterocycles. The van der Waals surface area contributed by atoms with E-state index in [-0.39, 0.29) is 5.97 Å². The highest BCUT2D eigenvalue weighted by Crippen LogP contribution is 2.34. The number of rotatable bonds is 7. The highest BCUT2D eigenvalue weighted by Gasteiger charge is 2.21. The van der Waals surface area contributed by atoms with Crippen molar-refractivity contribution in [2.45, 2.75) is 59.9 Å². The van der Waals surface area contributed by atoms with E-state index in [1.165, 1.54) is 26.2 Å². The van der Waals surface area contributed by atoms with Crippen LogP contribution in [0.3, 0.4) is 0 Å². The minimum absolute atomic E-state index is 0.336. The monoisotopic (exact) mass is 392 g/mol. The maximum atomic E-state index is 11.8. The van der Waals surface area contributed by atoms with Crippen LogP contribution in [-0.4, -0.2) is 24.9 Å². The molecule has 0 N–H and O–H groups in total. The number of carbonyl (C=O) groups is 1. The number of aromatic nitrogens is 4. The number of unbranched alkanes of at least 4 members (excludes halogenated alkanes) is 1. The van der Waals surface area contributed by atoms with Gasteiger partial charge < -0.3 is 9.30 Å². The Hall–Kier alpha value is -2.89. The number of ether oxygens (including phenoxy) is 1. The number of fused-ring (bicyclic) bond motifs is 5. The lowest BCUT2D eigenvalue weighted by molar-refractivity contribution is -0.131. The zero-order valence-electron chi connectivity index (χ0n) is 17.6. The van der Waals surface area contributed by atoms with Crippen molar-refractivity contribution in [2.24, 2.45) is 5.92 Å². The maximum Gasteiger partial charge on any atom is 0.308 e. The van der Waals surface area contributed by atoms with E-state index in [0.717, 1.165) is 46.5 Å². The van der Waals surface area contributed by atoms with E-state index < -0.39 is 0 Å². The van der Waals surface area contributed by atoms with Crippen LogP contribution in [0.4, 0.5) is 0 Å². The van der Waals surface area contributed by atoms with E-state index in [9.17, 15) is 4.79 Å². The van der Waals surface area contributed by atoms with Crippen LogP contribution in [-0.2, 0) is 11.3 Å². The van der Waals surface area contributed by atoms with Gasteiger partial charge in [-0.1, -0.05) is 45.2 Å². The molecular weight excluding hydrogens is 364 g/mol. The Balaban J connectivity index is 1.95. The van der Waals surface area contributed by atoms with Gasteiger partial charge in [0.25, 0.3) is 0 Å². The van der Waals surface area contributed by atoms with Crippen LogP contribution >= 0.6 is 0 Å². The number of esters is 1. The molecule has 1 atom stereocenters. The van der Waals surface area contributed by atoms with Crippen LogP contribution in [0.1, 0.15) is 52.3 Å². The fourth-order valence-electron chi connectivity index (χ4n) is 4.14. The Morgan fingerprint density at radius 3 is 2.69 bits per heavy atom. The third-order valence-corrected chi connectivity index (χ3v) is 5.64. The quantitative estimate of drug-likeness (QED) is 0.401. The summed E-state index contributed by atoms with van der Waals surface area (Å²) in [6, 6.07) is 8.01. The van der Waals surface area contributed by atoms with Crippen molar-refractivity contribution < 1.29 is 9.53 Å². The minimum Gasteiger partial charge on any atom is -0.424 e. The predicted molar refractivity (Wildman–Crippen MR) is 115 cm³/mol.